The Morgan fingerprint density at radius 2 is 0.980 bits per heavy atom. The van der Waals surface area contributed by atoms with Gasteiger partial charge in [-0.15, -0.1) is 0 Å². The Bertz CT molecular complexity index is 1480. The molecule has 51 heavy (non-hydrogen) atoms. The van der Waals surface area contributed by atoms with Gasteiger partial charge in [0.25, 0.3) is 0 Å². The molecule has 1 aliphatic rings. The van der Waals surface area contributed by atoms with Gasteiger partial charge in [-0.05, 0) is 108 Å². The van der Waals surface area contributed by atoms with Crippen LogP contribution >= 0.6 is 0 Å². The Morgan fingerprint density at radius 3 is 1.31 bits per heavy atom. The summed E-state index contributed by atoms with van der Waals surface area (Å²) in [6.07, 6.45) is 3.47. The van der Waals surface area contributed by atoms with Crippen molar-refractivity contribution in [2.75, 3.05) is 13.2 Å². The van der Waals surface area contributed by atoms with Crippen LogP contribution in [0.15, 0.2) is 24.3 Å². The zero-order valence-corrected chi connectivity index (χ0v) is 35.1. The Balaban J connectivity index is 1.63. The minimum Gasteiger partial charge on any atom is -0.507 e. The summed E-state index contributed by atoms with van der Waals surface area (Å²) in [7, 11) is 0. The number of esters is 1. The highest BCUT2D eigenvalue weighted by atomic mass is 16.5. The highest BCUT2D eigenvalue weighted by Gasteiger charge is 2.46. The lowest BCUT2D eigenvalue weighted by molar-refractivity contribution is -0.146. The number of nitrogens with zero attached hydrogens (tertiary/aromatic N) is 1. The van der Waals surface area contributed by atoms with Crippen molar-refractivity contribution >= 4 is 11.8 Å². The summed E-state index contributed by atoms with van der Waals surface area (Å²) in [4.78, 5) is 29.2. The molecule has 0 spiro atoms. The van der Waals surface area contributed by atoms with Crippen molar-refractivity contribution in [3.05, 3.63) is 57.6 Å². The predicted octanol–water partition coefficient (Wildman–Crippen LogP) is 10.2. The summed E-state index contributed by atoms with van der Waals surface area (Å²) in [6.45, 7) is 35.0. The van der Waals surface area contributed by atoms with Crippen LogP contribution in [0.3, 0.4) is 0 Å². The van der Waals surface area contributed by atoms with Gasteiger partial charge in [0.05, 0.1) is 0 Å². The smallest absolute Gasteiger partial charge is 0.306 e. The highest BCUT2D eigenvalue weighted by molar-refractivity contribution is 5.81. The maximum Gasteiger partial charge on any atom is 0.306 e. The number of aryl methyl sites for hydroxylation is 2. The number of phenols is 2. The SMILES string of the molecule is CC(C)(C)c1cc(CCC(=O)OCCN2C(C)(C)CC(C(=O)CCc3cc(C(C)(C)C)c(O)c(C(C)(C)C)c3)CC2(C)C)cc(C(C)(C)C)c1O. The van der Waals surface area contributed by atoms with Crippen LogP contribution in [-0.2, 0) is 48.8 Å². The summed E-state index contributed by atoms with van der Waals surface area (Å²) >= 11 is 0. The fourth-order valence-corrected chi connectivity index (χ4v) is 8.16. The van der Waals surface area contributed by atoms with E-state index >= 15 is 0 Å². The van der Waals surface area contributed by atoms with E-state index in [9.17, 15) is 19.8 Å². The molecule has 1 heterocycles. The van der Waals surface area contributed by atoms with Gasteiger partial charge in [0, 0.05) is 36.4 Å². The van der Waals surface area contributed by atoms with Crippen LogP contribution in [0.1, 0.15) is 170 Å². The van der Waals surface area contributed by atoms with E-state index in [-0.39, 0.29) is 51.0 Å². The Kier molecular flexibility index (Phi) is 12.4. The molecule has 0 radical (unpaired) electrons. The number of piperidine rings is 1. The van der Waals surface area contributed by atoms with E-state index < -0.39 is 0 Å². The number of hydrogen-bond acceptors (Lipinski definition) is 6. The van der Waals surface area contributed by atoms with Gasteiger partial charge >= 0.3 is 5.97 Å². The van der Waals surface area contributed by atoms with Crippen molar-refractivity contribution in [2.45, 2.75) is 182 Å². The van der Waals surface area contributed by atoms with E-state index in [4.69, 9.17) is 4.74 Å². The lowest BCUT2D eigenvalue weighted by Gasteiger charge is -2.55. The number of Topliss-reactive ketones (excluding diaryl/α,β-unsaturated/α-hetero) is 1. The number of phenolic OH excluding ortho intramolecular Hbond substituents is 2. The normalized spacial score (nSPS) is 17.4. The molecule has 1 fully saturated rings. The zero-order chi connectivity index (χ0) is 39.1. The molecule has 2 aromatic rings. The molecule has 3 rings (SSSR count). The number of ether oxygens (including phenoxy) is 1. The van der Waals surface area contributed by atoms with Crippen LogP contribution in [0.4, 0.5) is 0 Å². The fraction of sp³-hybridized carbons (Fsp3) is 0.689. The van der Waals surface area contributed by atoms with Crippen LogP contribution in [0.5, 0.6) is 11.5 Å². The summed E-state index contributed by atoms with van der Waals surface area (Å²) in [5.41, 5.74) is 4.42. The molecule has 0 aromatic heterocycles. The van der Waals surface area contributed by atoms with Crippen molar-refractivity contribution in [1.82, 2.24) is 4.90 Å². The number of likely N-dealkylation sites (tertiary alicyclic amines) is 1. The van der Waals surface area contributed by atoms with E-state index in [1.54, 1.807) is 0 Å². The second kappa shape index (κ2) is 14.9. The number of carbonyl (C=O) groups excluding carboxylic acids is 2. The third-order valence-corrected chi connectivity index (χ3v) is 10.8. The molecule has 1 aliphatic heterocycles. The van der Waals surface area contributed by atoms with Crippen molar-refractivity contribution in [1.29, 1.82) is 0 Å². The average Bonchev–Trinajstić information content (AvgIpc) is 2.94. The van der Waals surface area contributed by atoms with E-state index in [1.807, 2.05) is 12.1 Å². The van der Waals surface area contributed by atoms with Gasteiger partial charge in [-0.2, -0.15) is 0 Å². The van der Waals surface area contributed by atoms with Gasteiger partial charge in [0.15, 0.2) is 0 Å². The molecule has 286 valence electrons. The molecule has 0 aliphatic carbocycles. The molecule has 2 aromatic carbocycles. The first-order chi connectivity index (χ1) is 22.9. The predicted molar refractivity (Wildman–Crippen MR) is 211 cm³/mol. The Hall–Kier alpha value is -2.86. The van der Waals surface area contributed by atoms with Crippen LogP contribution in [0.2, 0.25) is 0 Å². The van der Waals surface area contributed by atoms with Crippen molar-refractivity contribution < 1.29 is 24.5 Å². The van der Waals surface area contributed by atoms with Gasteiger partial charge in [-0.3, -0.25) is 14.5 Å². The fourth-order valence-electron chi connectivity index (χ4n) is 8.16. The molecule has 6 nitrogen and oxygen atoms in total. The minimum absolute atomic E-state index is 0.0450. The monoisotopic (exact) mass is 706 g/mol. The van der Waals surface area contributed by atoms with Gasteiger partial charge in [-0.25, -0.2) is 0 Å². The van der Waals surface area contributed by atoms with Crippen LogP contribution in [0, 0.1) is 5.92 Å². The molecular formula is C45H71NO5. The maximum absolute atomic E-state index is 13.8. The topological polar surface area (TPSA) is 87.1 Å². The molecule has 2 N–H and O–H groups in total. The summed E-state index contributed by atoms with van der Waals surface area (Å²) in [5.74, 6) is 0.740. The molecule has 0 saturated carbocycles. The number of benzene rings is 2. The number of ketones is 1. The van der Waals surface area contributed by atoms with E-state index in [1.165, 1.54) is 0 Å². The first-order valence-electron chi connectivity index (χ1n) is 19.1. The molecule has 0 amide bonds. The van der Waals surface area contributed by atoms with Crippen molar-refractivity contribution in [2.24, 2.45) is 5.92 Å². The molecule has 0 atom stereocenters. The van der Waals surface area contributed by atoms with Gasteiger partial charge < -0.3 is 14.9 Å². The van der Waals surface area contributed by atoms with Crippen LogP contribution in [0.25, 0.3) is 0 Å². The van der Waals surface area contributed by atoms with Gasteiger partial charge in [-0.1, -0.05) is 107 Å². The first kappa shape index (κ1) is 42.6. The molecule has 0 bridgehead atoms. The number of aromatic hydroxyl groups is 2. The third-order valence-electron chi connectivity index (χ3n) is 10.8. The minimum atomic E-state index is -0.245. The summed E-state index contributed by atoms with van der Waals surface area (Å²) < 4.78 is 5.79. The third kappa shape index (κ3) is 10.6. The lowest BCUT2D eigenvalue weighted by Crippen LogP contribution is -2.62. The van der Waals surface area contributed by atoms with E-state index in [2.05, 4.69) is 128 Å². The number of rotatable bonds is 10. The van der Waals surface area contributed by atoms with Gasteiger partial charge in [0.2, 0.25) is 0 Å². The Labute approximate surface area is 310 Å². The standard InChI is InChI=1S/C45H71NO5/c1-40(2,3)32-23-29(24-33(38(32)49)41(4,5)6)17-19-36(47)31-27-44(13,14)46(45(15,16)28-31)21-22-51-37(48)20-18-30-25-34(42(7,8)9)39(50)35(26-30)43(10,11)12/h23-26,31,49-50H,17-22,27-28H2,1-16H3. The second-order valence-electron chi connectivity index (χ2n) is 20.6. The number of carbonyl (C=O) groups is 2. The first-order valence-corrected chi connectivity index (χ1v) is 19.1. The van der Waals surface area contributed by atoms with Crippen molar-refractivity contribution in [3.8, 4) is 11.5 Å². The van der Waals surface area contributed by atoms with E-state index in [0.29, 0.717) is 49.7 Å². The average molecular weight is 706 g/mol. The van der Waals surface area contributed by atoms with Gasteiger partial charge in [0.1, 0.15) is 23.9 Å². The highest BCUT2D eigenvalue weighted by Crippen LogP contribution is 2.44. The maximum atomic E-state index is 13.8. The molecular weight excluding hydrogens is 634 g/mol. The molecule has 1 saturated heterocycles. The largest absolute Gasteiger partial charge is 0.507 e. The van der Waals surface area contributed by atoms with Crippen molar-refractivity contribution in [3.63, 3.8) is 0 Å². The summed E-state index contributed by atoms with van der Waals surface area (Å²) in [5, 5.41) is 22.2. The summed E-state index contributed by atoms with van der Waals surface area (Å²) in [6, 6.07) is 8.25. The molecule has 0 unspecified atom stereocenters. The van der Waals surface area contributed by atoms with Crippen LogP contribution in [-0.4, -0.2) is 51.1 Å². The Morgan fingerprint density at radius 1 is 0.647 bits per heavy atom. The molecule has 6 heteroatoms. The van der Waals surface area contributed by atoms with Crippen LogP contribution < -0.4 is 0 Å². The zero-order valence-electron chi connectivity index (χ0n) is 35.1. The lowest BCUT2D eigenvalue weighted by atomic mass is 9.71. The van der Waals surface area contributed by atoms with E-state index in [0.717, 1.165) is 46.2 Å². The quantitative estimate of drug-likeness (QED) is 0.239. The number of hydrogen-bond donors (Lipinski definition) is 2. The second-order valence-corrected chi connectivity index (χ2v) is 20.6.